The van der Waals surface area contributed by atoms with Gasteiger partial charge in [0.15, 0.2) is 0 Å². The molecule has 2 aromatic heterocycles. The van der Waals surface area contributed by atoms with E-state index in [1.165, 1.54) is 17.4 Å². The molecule has 1 aliphatic carbocycles. The molecule has 2 unspecified atom stereocenters. The highest BCUT2D eigenvalue weighted by Crippen LogP contribution is 2.40. The minimum absolute atomic E-state index is 0.143. The van der Waals surface area contributed by atoms with Crippen molar-refractivity contribution in [3.63, 3.8) is 0 Å². The zero-order valence-electron chi connectivity index (χ0n) is 18.1. The number of aromatic nitrogens is 2. The van der Waals surface area contributed by atoms with Gasteiger partial charge < -0.3 is 15.5 Å². The van der Waals surface area contributed by atoms with Crippen LogP contribution < -0.4 is 5.32 Å². The average molecular weight is 480 g/mol. The van der Waals surface area contributed by atoms with Gasteiger partial charge in [-0.1, -0.05) is 12.5 Å². The number of carbonyl (C=O) groups is 1. The number of benzene rings is 1. The molecule has 176 valence electrons. The van der Waals surface area contributed by atoms with E-state index in [9.17, 15) is 28.2 Å². The molecule has 4 rings (SSSR count). The van der Waals surface area contributed by atoms with E-state index in [1.54, 1.807) is 26.0 Å². The summed E-state index contributed by atoms with van der Waals surface area (Å²) >= 11 is 1.45. The Labute approximate surface area is 192 Å². The Morgan fingerprint density at radius 1 is 1.18 bits per heavy atom. The van der Waals surface area contributed by atoms with Crippen LogP contribution in [0.1, 0.15) is 72.2 Å². The number of thiazole rings is 1. The van der Waals surface area contributed by atoms with Gasteiger partial charge in [0.1, 0.15) is 11.4 Å². The number of rotatable bonds is 4. The summed E-state index contributed by atoms with van der Waals surface area (Å²) in [6.45, 7) is 3.11. The number of halogens is 3. The molecule has 0 bridgehead atoms. The lowest BCUT2D eigenvalue weighted by atomic mass is 9.88. The minimum atomic E-state index is -4.67. The number of pyridine rings is 1. The Bertz CT molecular complexity index is 1190. The number of alkyl halides is 3. The van der Waals surface area contributed by atoms with Crippen LogP contribution in [0.15, 0.2) is 30.3 Å². The zero-order chi connectivity index (χ0) is 24.0. The predicted octanol–water partition coefficient (Wildman–Crippen LogP) is 5.21. The Kier molecular flexibility index (Phi) is 6.19. The van der Waals surface area contributed by atoms with E-state index in [0.717, 1.165) is 41.1 Å². The fourth-order valence-corrected chi connectivity index (χ4v) is 5.21. The van der Waals surface area contributed by atoms with Crippen LogP contribution in [0.5, 0.6) is 0 Å². The normalized spacial score (nSPS) is 19.6. The van der Waals surface area contributed by atoms with Gasteiger partial charge in [0.25, 0.3) is 5.91 Å². The van der Waals surface area contributed by atoms with Crippen molar-refractivity contribution in [3.05, 3.63) is 52.3 Å². The molecule has 3 aromatic rings. The van der Waals surface area contributed by atoms with Crippen LogP contribution in [0.25, 0.3) is 10.2 Å². The third kappa shape index (κ3) is 5.18. The van der Waals surface area contributed by atoms with Crippen molar-refractivity contribution >= 4 is 33.1 Å². The number of amides is 1. The second-order valence-electron chi connectivity index (χ2n) is 8.85. The summed E-state index contributed by atoms with van der Waals surface area (Å²) in [4.78, 5) is 20.9. The molecule has 6 nitrogen and oxygen atoms in total. The van der Waals surface area contributed by atoms with Crippen molar-refractivity contribution < 1.29 is 28.2 Å². The van der Waals surface area contributed by atoms with Crippen LogP contribution in [0, 0.1) is 0 Å². The van der Waals surface area contributed by atoms with Crippen molar-refractivity contribution in [2.24, 2.45) is 0 Å². The maximum atomic E-state index is 13.0. The Hall–Kier alpha value is -2.56. The van der Waals surface area contributed by atoms with Gasteiger partial charge in [-0.25, -0.2) is 9.97 Å². The van der Waals surface area contributed by atoms with Crippen molar-refractivity contribution in [1.29, 1.82) is 0 Å². The molecule has 1 aromatic carbocycles. The predicted molar refractivity (Wildman–Crippen MR) is 119 cm³/mol. The van der Waals surface area contributed by atoms with Crippen molar-refractivity contribution in [2.45, 2.75) is 63.3 Å². The largest absolute Gasteiger partial charge is 0.433 e. The lowest BCUT2D eigenvalue weighted by Crippen LogP contribution is -2.22. The van der Waals surface area contributed by atoms with Gasteiger partial charge in [-0.3, -0.25) is 4.79 Å². The highest BCUT2D eigenvalue weighted by molar-refractivity contribution is 7.18. The molecular formula is C23H24F3N3O3S. The van der Waals surface area contributed by atoms with E-state index < -0.39 is 23.4 Å². The Morgan fingerprint density at radius 3 is 2.61 bits per heavy atom. The SMILES string of the molecule is CC(C)(O)c1cc2nc(C3CCCC(O)C3)sc2cc1NC(=O)c1cccc(C(F)(F)F)n1. The number of anilines is 1. The van der Waals surface area contributed by atoms with Crippen LogP contribution in [-0.2, 0) is 11.8 Å². The van der Waals surface area contributed by atoms with E-state index in [1.807, 2.05) is 0 Å². The highest BCUT2D eigenvalue weighted by atomic mass is 32.1. The summed E-state index contributed by atoms with van der Waals surface area (Å²) < 4.78 is 39.7. The molecule has 10 heteroatoms. The van der Waals surface area contributed by atoms with Crippen LogP contribution in [-0.4, -0.2) is 32.2 Å². The molecular weight excluding hydrogens is 455 g/mol. The quantitative estimate of drug-likeness (QED) is 0.478. The van der Waals surface area contributed by atoms with E-state index in [4.69, 9.17) is 4.98 Å². The number of hydrogen-bond acceptors (Lipinski definition) is 6. The Morgan fingerprint density at radius 2 is 1.94 bits per heavy atom. The van der Waals surface area contributed by atoms with Gasteiger partial charge in [0, 0.05) is 17.2 Å². The molecule has 1 aliphatic rings. The maximum absolute atomic E-state index is 13.0. The van der Waals surface area contributed by atoms with Crippen LogP contribution in [0.3, 0.4) is 0 Å². The fourth-order valence-electron chi connectivity index (χ4n) is 4.07. The van der Waals surface area contributed by atoms with Gasteiger partial charge in [-0.05, 0) is 57.4 Å². The number of nitrogens with zero attached hydrogens (tertiary/aromatic N) is 2. The number of nitrogens with one attached hydrogen (secondary N) is 1. The van der Waals surface area contributed by atoms with E-state index in [2.05, 4.69) is 10.3 Å². The number of carbonyl (C=O) groups excluding carboxylic acids is 1. The van der Waals surface area contributed by atoms with Gasteiger partial charge in [-0.15, -0.1) is 11.3 Å². The van der Waals surface area contributed by atoms with Crippen molar-refractivity contribution in [2.75, 3.05) is 5.32 Å². The van der Waals surface area contributed by atoms with E-state index in [0.29, 0.717) is 17.5 Å². The number of fused-ring (bicyclic) bond motifs is 1. The fraction of sp³-hybridized carbons (Fsp3) is 0.435. The molecule has 33 heavy (non-hydrogen) atoms. The molecule has 1 fully saturated rings. The molecule has 3 N–H and O–H groups in total. The molecule has 0 radical (unpaired) electrons. The van der Waals surface area contributed by atoms with Gasteiger partial charge in [0.2, 0.25) is 0 Å². The topological polar surface area (TPSA) is 95.3 Å². The first-order valence-electron chi connectivity index (χ1n) is 10.6. The summed E-state index contributed by atoms with van der Waals surface area (Å²) in [7, 11) is 0. The summed E-state index contributed by atoms with van der Waals surface area (Å²) in [6.07, 6.45) is -1.74. The highest BCUT2D eigenvalue weighted by Gasteiger charge is 2.33. The first kappa shape index (κ1) is 23.6. The second kappa shape index (κ2) is 8.66. The van der Waals surface area contributed by atoms with E-state index in [-0.39, 0.29) is 23.4 Å². The number of hydrogen-bond donors (Lipinski definition) is 3. The molecule has 0 saturated heterocycles. The monoisotopic (exact) mass is 479 g/mol. The minimum Gasteiger partial charge on any atom is -0.393 e. The lowest BCUT2D eigenvalue weighted by Gasteiger charge is -2.23. The standard InChI is InChI=1S/C23H24F3N3O3S/c1-22(2,32)14-10-17-18(33-21(29-17)12-5-3-6-13(30)9-12)11-16(14)28-20(31)15-7-4-8-19(27-15)23(24,25)26/h4,7-8,10-13,30,32H,3,5-6,9H2,1-2H3,(H,28,31). The third-order valence-corrected chi connectivity index (χ3v) is 6.90. The van der Waals surface area contributed by atoms with Crippen molar-refractivity contribution in [1.82, 2.24) is 9.97 Å². The first-order valence-corrected chi connectivity index (χ1v) is 11.4. The number of aliphatic hydroxyl groups is 2. The van der Waals surface area contributed by atoms with Crippen LogP contribution in [0.4, 0.5) is 18.9 Å². The van der Waals surface area contributed by atoms with Crippen LogP contribution in [0.2, 0.25) is 0 Å². The summed E-state index contributed by atoms with van der Waals surface area (Å²) in [5.41, 5.74) is -1.57. The Balaban J connectivity index is 1.69. The third-order valence-electron chi connectivity index (χ3n) is 5.72. The smallest absolute Gasteiger partial charge is 0.393 e. The second-order valence-corrected chi connectivity index (χ2v) is 9.92. The summed E-state index contributed by atoms with van der Waals surface area (Å²) in [6, 6.07) is 6.48. The van der Waals surface area contributed by atoms with Gasteiger partial charge in [-0.2, -0.15) is 13.2 Å². The molecule has 1 saturated carbocycles. The molecule has 2 heterocycles. The molecule has 0 aliphatic heterocycles. The lowest BCUT2D eigenvalue weighted by molar-refractivity contribution is -0.141. The van der Waals surface area contributed by atoms with Crippen molar-refractivity contribution in [3.8, 4) is 0 Å². The molecule has 2 atom stereocenters. The molecule has 1 amide bonds. The average Bonchev–Trinajstić information content (AvgIpc) is 3.15. The van der Waals surface area contributed by atoms with Gasteiger partial charge in [0.05, 0.1) is 26.9 Å². The van der Waals surface area contributed by atoms with E-state index >= 15 is 0 Å². The van der Waals surface area contributed by atoms with Gasteiger partial charge >= 0.3 is 6.18 Å². The van der Waals surface area contributed by atoms with Crippen LogP contribution >= 0.6 is 11.3 Å². The number of aliphatic hydroxyl groups excluding tert-OH is 1. The summed E-state index contributed by atoms with van der Waals surface area (Å²) in [5, 5.41) is 24.2. The summed E-state index contributed by atoms with van der Waals surface area (Å²) in [5.74, 6) is -0.671. The first-order chi connectivity index (χ1) is 15.4. The zero-order valence-corrected chi connectivity index (χ0v) is 18.9. The molecule has 0 spiro atoms. The maximum Gasteiger partial charge on any atom is 0.433 e.